The summed E-state index contributed by atoms with van der Waals surface area (Å²) < 4.78 is 25.7. The van der Waals surface area contributed by atoms with Gasteiger partial charge in [0.15, 0.2) is 0 Å². The molecule has 6 nitrogen and oxygen atoms in total. The van der Waals surface area contributed by atoms with Gasteiger partial charge in [0.05, 0.1) is 11.4 Å². The molecule has 0 aliphatic carbocycles. The van der Waals surface area contributed by atoms with Crippen LogP contribution >= 0.6 is 11.6 Å². The number of hydrogen-bond acceptors (Lipinski definition) is 4. The molecule has 8 heteroatoms. The van der Waals surface area contributed by atoms with Crippen LogP contribution in [0.2, 0.25) is 5.02 Å². The Bertz CT molecular complexity index is 609. The molecule has 1 amide bonds. The molecule has 3 N–H and O–H groups in total. The average Bonchev–Trinajstić information content (AvgIpc) is 2.41. The predicted molar refractivity (Wildman–Crippen MR) is 83.7 cm³/mol. The Morgan fingerprint density at radius 2 is 2.05 bits per heavy atom. The Labute approximate surface area is 130 Å². The number of nitrogen functional groups attached to an aromatic ring is 1. The summed E-state index contributed by atoms with van der Waals surface area (Å²) in [6, 6.07) is 2.68. The topological polar surface area (TPSA) is 92.5 Å². The second-order valence-electron chi connectivity index (χ2n) is 4.73. The second-order valence-corrected chi connectivity index (χ2v) is 7.18. The van der Waals surface area contributed by atoms with Crippen LogP contribution in [-0.2, 0) is 14.8 Å². The van der Waals surface area contributed by atoms with Gasteiger partial charge >= 0.3 is 0 Å². The zero-order chi connectivity index (χ0) is 16.2. The molecule has 1 aromatic rings. The number of amides is 1. The zero-order valence-electron chi connectivity index (χ0n) is 12.3. The molecule has 0 atom stereocenters. The van der Waals surface area contributed by atoms with E-state index in [1.165, 1.54) is 19.2 Å². The molecule has 0 heterocycles. The van der Waals surface area contributed by atoms with Crippen LogP contribution in [0.1, 0.15) is 18.9 Å². The normalized spacial score (nSPS) is 11.7. The standard InChI is InChI=1S/C13H20ClN3O3S/c1-4-5-16-13(18)8-17(3)21(19,20)10-6-11(14)9(2)12(15)7-10/h6-7H,4-5,8,15H2,1-3H3,(H,16,18). The Kier molecular flexibility index (Phi) is 6.00. The highest BCUT2D eigenvalue weighted by molar-refractivity contribution is 7.89. The van der Waals surface area contributed by atoms with Crippen LogP contribution in [0.5, 0.6) is 0 Å². The number of halogens is 1. The van der Waals surface area contributed by atoms with Crippen LogP contribution < -0.4 is 11.1 Å². The minimum absolute atomic E-state index is 0.0265. The highest BCUT2D eigenvalue weighted by atomic mass is 35.5. The van der Waals surface area contributed by atoms with Gasteiger partial charge in [-0.25, -0.2) is 8.42 Å². The first-order valence-electron chi connectivity index (χ1n) is 6.48. The number of rotatable bonds is 6. The van der Waals surface area contributed by atoms with Gasteiger partial charge in [-0.15, -0.1) is 0 Å². The van der Waals surface area contributed by atoms with Gasteiger partial charge in [0.25, 0.3) is 0 Å². The third-order valence-electron chi connectivity index (χ3n) is 3.00. The van der Waals surface area contributed by atoms with Gasteiger partial charge in [-0.1, -0.05) is 18.5 Å². The summed E-state index contributed by atoms with van der Waals surface area (Å²) in [6.45, 7) is 3.87. The van der Waals surface area contributed by atoms with Crippen molar-refractivity contribution in [3.8, 4) is 0 Å². The molecule has 0 aliphatic rings. The highest BCUT2D eigenvalue weighted by Gasteiger charge is 2.24. The van der Waals surface area contributed by atoms with E-state index < -0.39 is 10.0 Å². The molecular formula is C13H20ClN3O3S. The molecule has 118 valence electrons. The lowest BCUT2D eigenvalue weighted by atomic mass is 10.2. The van der Waals surface area contributed by atoms with Crippen LogP contribution in [0.25, 0.3) is 0 Å². The number of carbonyl (C=O) groups excluding carboxylic acids is 1. The van der Waals surface area contributed by atoms with Gasteiger partial charge in [-0.05, 0) is 31.0 Å². The minimum atomic E-state index is -3.81. The lowest BCUT2D eigenvalue weighted by Gasteiger charge is -2.18. The van der Waals surface area contributed by atoms with Crippen LogP contribution in [-0.4, -0.2) is 38.8 Å². The fraction of sp³-hybridized carbons (Fsp3) is 0.462. The van der Waals surface area contributed by atoms with Gasteiger partial charge in [-0.2, -0.15) is 4.31 Å². The van der Waals surface area contributed by atoms with Gasteiger partial charge in [-0.3, -0.25) is 4.79 Å². The van der Waals surface area contributed by atoms with E-state index in [0.29, 0.717) is 17.8 Å². The quantitative estimate of drug-likeness (QED) is 0.769. The number of carbonyl (C=O) groups is 1. The molecule has 0 spiro atoms. The van der Waals surface area contributed by atoms with E-state index in [2.05, 4.69) is 5.32 Å². The number of anilines is 1. The molecule has 21 heavy (non-hydrogen) atoms. The summed E-state index contributed by atoms with van der Waals surface area (Å²) >= 11 is 5.96. The van der Waals surface area contributed by atoms with Crippen LogP contribution in [0, 0.1) is 6.92 Å². The third-order valence-corrected chi connectivity index (χ3v) is 5.18. The lowest BCUT2D eigenvalue weighted by Crippen LogP contribution is -2.38. The van der Waals surface area contributed by atoms with Gasteiger partial charge in [0.1, 0.15) is 0 Å². The molecule has 0 unspecified atom stereocenters. The molecule has 0 bridgehead atoms. The first-order chi connectivity index (χ1) is 9.70. The van der Waals surface area contributed by atoms with Gasteiger partial charge in [0.2, 0.25) is 15.9 Å². The first-order valence-corrected chi connectivity index (χ1v) is 8.30. The first kappa shape index (κ1) is 17.7. The van der Waals surface area contributed by atoms with Crippen molar-refractivity contribution in [1.29, 1.82) is 0 Å². The summed E-state index contributed by atoms with van der Waals surface area (Å²) in [6.07, 6.45) is 0.784. The monoisotopic (exact) mass is 333 g/mol. The molecule has 0 aliphatic heterocycles. The number of nitrogens with two attached hydrogens (primary N) is 1. The predicted octanol–water partition coefficient (Wildman–Crippen LogP) is 1.38. The SMILES string of the molecule is CCCNC(=O)CN(C)S(=O)(=O)c1cc(N)c(C)c(Cl)c1. The fourth-order valence-electron chi connectivity index (χ4n) is 1.61. The third kappa shape index (κ3) is 4.33. The maximum absolute atomic E-state index is 12.4. The smallest absolute Gasteiger partial charge is 0.243 e. The zero-order valence-corrected chi connectivity index (χ0v) is 13.9. The Morgan fingerprint density at radius 1 is 1.43 bits per heavy atom. The van der Waals surface area contributed by atoms with E-state index in [-0.39, 0.29) is 22.4 Å². The van der Waals surface area contributed by atoms with Crippen molar-refractivity contribution in [2.24, 2.45) is 0 Å². The Hall–Kier alpha value is -1.31. The lowest BCUT2D eigenvalue weighted by molar-refractivity contribution is -0.121. The summed E-state index contributed by atoms with van der Waals surface area (Å²) in [5, 5.41) is 2.90. The molecule has 0 aromatic heterocycles. The van der Waals surface area contributed by atoms with Crippen molar-refractivity contribution in [2.75, 3.05) is 25.9 Å². The highest BCUT2D eigenvalue weighted by Crippen LogP contribution is 2.27. The van der Waals surface area contributed by atoms with E-state index in [9.17, 15) is 13.2 Å². The van der Waals surface area contributed by atoms with Crippen molar-refractivity contribution >= 4 is 33.2 Å². The summed E-state index contributed by atoms with van der Waals surface area (Å²) in [7, 11) is -2.47. The average molecular weight is 334 g/mol. The molecule has 0 fully saturated rings. The number of likely N-dealkylation sites (N-methyl/N-ethyl adjacent to an activating group) is 1. The molecule has 1 aromatic carbocycles. The second kappa shape index (κ2) is 7.11. The molecule has 0 saturated heterocycles. The van der Waals surface area contributed by atoms with E-state index in [1.54, 1.807) is 6.92 Å². The van der Waals surface area contributed by atoms with Crippen molar-refractivity contribution in [3.05, 3.63) is 22.7 Å². The number of nitrogens with zero attached hydrogens (tertiary/aromatic N) is 1. The molecule has 1 rings (SSSR count). The van der Waals surface area contributed by atoms with Crippen LogP contribution in [0.4, 0.5) is 5.69 Å². The summed E-state index contributed by atoms with van der Waals surface area (Å²) in [5.74, 6) is -0.353. The maximum Gasteiger partial charge on any atom is 0.243 e. The number of hydrogen-bond donors (Lipinski definition) is 2. The van der Waals surface area contributed by atoms with Crippen molar-refractivity contribution in [3.63, 3.8) is 0 Å². The largest absolute Gasteiger partial charge is 0.398 e. The van der Waals surface area contributed by atoms with Crippen molar-refractivity contribution in [1.82, 2.24) is 9.62 Å². The number of benzene rings is 1. The van der Waals surface area contributed by atoms with E-state index >= 15 is 0 Å². The van der Waals surface area contributed by atoms with E-state index in [4.69, 9.17) is 17.3 Å². The van der Waals surface area contributed by atoms with Crippen molar-refractivity contribution < 1.29 is 13.2 Å². The number of nitrogens with one attached hydrogen (secondary N) is 1. The molecule has 0 radical (unpaired) electrons. The Balaban J connectivity index is 2.97. The fourth-order valence-corrected chi connectivity index (χ4v) is 3.09. The Morgan fingerprint density at radius 3 is 2.57 bits per heavy atom. The van der Waals surface area contributed by atoms with Gasteiger partial charge in [0, 0.05) is 24.3 Å². The molecular weight excluding hydrogens is 314 g/mol. The van der Waals surface area contributed by atoms with Crippen molar-refractivity contribution in [2.45, 2.75) is 25.2 Å². The van der Waals surface area contributed by atoms with E-state index in [0.717, 1.165) is 10.7 Å². The summed E-state index contributed by atoms with van der Waals surface area (Å²) in [5.41, 5.74) is 6.66. The van der Waals surface area contributed by atoms with E-state index in [1.807, 2.05) is 6.92 Å². The van der Waals surface area contributed by atoms with Gasteiger partial charge < -0.3 is 11.1 Å². The van der Waals surface area contributed by atoms with Crippen LogP contribution in [0.15, 0.2) is 17.0 Å². The molecule has 0 saturated carbocycles. The minimum Gasteiger partial charge on any atom is -0.398 e. The van der Waals surface area contributed by atoms with Crippen LogP contribution in [0.3, 0.4) is 0 Å². The maximum atomic E-state index is 12.4. The summed E-state index contributed by atoms with van der Waals surface area (Å²) in [4.78, 5) is 11.6. The number of sulfonamides is 1.